The molecule has 0 saturated carbocycles. The fraction of sp³-hybridized carbons (Fsp3) is 0.391. The average Bonchev–Trinajstić information content (AvgIpc) is 2.67. The standard InChI is InChI=1S/C23H27BrN2O2/c1-16(2)12-22(27)26-15-19-7-5-4-6-18(19)13-21(26)23(28)25(3)14-17-8-10-20(24)11-9-17/h4-11,16,21H,12-15H2,1-3H3. The van der Waals surface area contributed by atoms with Crippen molar-refractivity contribution in [1.29, 1.82) is 0 Å². The van der Waals surface area contributed by atoms with Crippen molar-refractivity contribution in [2.24, 2.45) is 5.92 Å². The first-order valence-electron chi connectivity index (χ1n) is 9.71. The Hall–Kier alpha value is -2.14. The molecule has 1 heterocycles. The van der Waals surface area contributed by atoms with Gasteiger partial charge >= 0.3 is 0 Å². The van der Waals surface area contributed by atoms with Crippen molar-refractivity contribution in [1.82, 2.24) is 9.80 Å². The highest BCUT2D eigenvalue weighted by molar-refractivity contribution is 9.10. The maximum atomic E-state index is 13.3. The van der Waals surface area contributed by atoms with E-state index in [0.717, 1.165) is 21.2 Å². The second-order valence-electron chi connectivity index (χ2n) is 7.93. The van der Waals surface area contributed by atoms with Crippen LogP contribution >= 0.6 is 15.9 Å². The van der Waals surface area contributed by atoms with Gasteiger partial charge in [-0.15, -0.1) is 0 Å². The maximum absolute atomic E-state index is 13.3. The zero-order valence-corrected chi connectivity index (χ0v) is 18.3. The second kappa shape index (κ2) is 8.91. The fourth-order valence-electron chi connectivity index (χ4n) is 3.67. The predicted octanol–water partition coefficient (Wildman–Crippen LogP) is 4.41. The zero-order chi connectivity index (χ0) is 20.3. The number of carbonyl (C=O) groups is 2. The molecule has 4 nitrogen and oxygen atoms in total. The summed E-state index contributed by atoms with van der Waals surface area (Å²) in [5, 5.41) is 0. The van der Waals surface area contributed by atoms with Crippen LogP contribution in [0.15, 0.2) is 53.0 Å². The summed E-state index contributed by atoms with van der Waals surface area (Å²) in [6, 6.07) is 15.6. The van der Waals surface area contributed by atoms with E-state index in [9.17, 15) is 9.59 Å². The summed E-state index contributed by atoms with van der Waals surface area (Å²) in [4.78, 5) is 29.7. The Labute approximate surface area is 175 Å². The van der Waals surface area contributed by atoms with Gasteiger partial charge in [0.1, 0.15) is 6.04 Å². The molecule has 1 unspecified atom stereocenters. The number of benzene rings is 2. The van der Waals surface area contributed by atoms with E-state index in [1.165, 1.54) is 0 Å². The van der Waals surface area contributed by atoms with E-state index in [4.69, 9.17) is 0 Å². The van der Waals surface area contributed by atoms with E-state index in [2.05, 4.69) is 28.1 Å². The van der Waals surface area contributed by atoms with Crippen LogP contribution in [0.25, 0.3) is 0 Å². The Morgan fingerprint density at radius 1 is 1.11 bits per heavy atom. The number of amides is 2. The third-order valence-corrected chi connectivity index (χ3v) is 5.67. The molecular weight excluding hydrogens is 416 g/mol. The largest absolute Gasteiger partial charge is 0.340 e. The molecule has 1 atom stereocenters. The topological polar surface area (TPSA) is 40.6 Å². The summed E-state index contributed by atoms with van der Waals surface area (Å²) in [7, 11) is 1.82. The van der Waals surface area contributed by atoms with Gasteiger partial charge in [0.2, 0.25) is 11.8 Å². The average molecular weight is 443 g/mol. The van der Waals surface area contributed by atoms with E-state index < -0.39 is 6.04 Å². The van der Waals surface area contributed by atoms with E-state index in [-0.39, 0.29) is 17.7 Å². The number of carbonyl (C=O) groups excluding carboxylic acids is 2. The molecule has 1 aliphatic rings. The lowest BCUT2D eigenvalue weighted by Crippen LogP contribution is -2.52. The smallest absolute Gasteiger partial charge is 0.245 e. The van der Waals surface area contributed by atoms with Crippen LogP contribution in [0.2, 0.25) is 0 Å². The molecule has 2 aromatic rings. The highest BCUT2D eigenvalue weighted by Gasteiger charge is 2.35. The Balaban J connectivity index is 1.81. The Bertz CT molecular complexity index is 848. The second-order valence-corrected chi connectivity index (χ2v) is 8.84. The van der Waals surface area contributed by atoms with Crippen LogP contribution in [0, 0.1) is 5.92 Å². The Kier molecular flexibility index (Phi) is 6.55. The normalized spacial score (nSPS) is 16.0. The van der Waals surface area contributed by atoms with Crippen LogP contribution in [0.5, 0.6) is 0 Å². The van der Waals surface area contributed by atoms with Gasteiger partial charge < -0.3 is 9.80 Å². The third kappa shape index (κ3) is 4.82. The summed E-state index contributed by atoms with van der Waals surface area (Å²) < 4.78 is 1.01. The molecule has 28 heavy (non-hydrogen) atoms. The first-order chi connectivity index (χ1) is 13.3. The molecule has 0 spiro atoms. The lowest BCUT2D eigenvalue weighted by molar-refractivity contribution is -0.147. The van der Waals surface area contributed by atoms with E-state index in [1.807, 2.05) is 57.3 Å². The lowest BCUT2D eigenvalue weighted by atomic mass is 9.92. The first-order valence-corrected chi connectivity index (χ1v) is 10.5. The first kappa shape index (κ1) is 20.6. The molecule has 0 aliphatic carbocycles. The summed E-state index contributed by atoms with van der Waals surface area (Å²) in [6.07, 6.45) is 1.03. The molecule has 0 fully saturated rings. The van der Waals surface area contributed by atoms with Gasteiger partial charge in [-0.3, -0.25) is 9.59 Å². The summed E-state index contributed by atoms with van der Waals surface area (Å²) >= 11 is 3.44. The molecule has 0 radical (unpaired) electrons. The fourth-order valence-corrected chi connectivity index (χ4v) is 3.93. The van der Waals surface area contributed by atoms with Crippen molar-refractivity contribution in [2.45, 2.75) is 45.8 Å². The third-order valence-electron chi connectivity index (χ3n) is 5.15. The van der Waals surface area contributed by atoms with Crippen molar-refractivity contribution >= 4 is 27.7 Å². The molecule has 3 rings (SSSR count). The van der Waals surface area contributed by atoms with Crippen LogP contribution in [0.1, 0.15) is 37.0 Å². The highest BCUT2D eigenvalue weighted by atomic mass is 79.9. The lowest BCUT2D eigenvalue weighted by Gasteiger charge is -2.38. The Morgan fingerprint density at radius 3 is 2.39 bits per heavy atom. The molecule has 0 N–H and O–H groups in total. The molecule has 148 valence electrons. The minimum absolute atomic E-state index is 0.00507. The van der Waals surface area contributed by atoms with Gasteiger partial charge in [0.25, 0.3) is 0 Å². The van der Waals surface area contributed by atoms with Gasteiger partial charge in [-0.1, -0.05) is 66.2 Å². The summed E-state index contributed by atoms with van der Waals surface area (Å²) in [5.74, 6) is 0.315. The van der Waals surface area contributed by atoms with Gasteiger partial charge in [-0.25, -0.2) is 0 Å². The van der Waals surface area contributed by atoms with Gasteiger partial charge in [-0.05, 0) is 34.7 Å². The van der Waals surface area contributed by atoms with Crippen LogP contribution in [-0.2, 0) is 29.1 Å². The number of hydrogen-bond acceptors (Lipinski definition) is 2. The molecular formula is C23H27BrN2O2. The van der Waals surface area contributed by atoms with Crippen molar-refractivity contribution in [3.05, 3.63) is 69.7 Å². The van der Waals surface area contributed by atoms with Gasteiger partial charge in [0, 0.05) is 37.5 Å². The number of rotatable bonds is 5. The van der Waals surface area contributed by atoms with Crippen LogP contribution in [0.3, 0.4) is 0 Å². The quantitative estimate of drug-likeness (QED) is 0.687. The molecule has 0 saturated heterocycles. The van der Waals surface area contributed by atoms with Gasteiger partial charge in [0.05, 0.1) is 0 Å². The molecule has 5 heteroatoms. The van der Waals surface area contributed by atoms with Crippen LogP contribution < -0.4 is 0 Å². The van der Waals surface area contributed by atoms with Crippen molar-refractivity contribution in [2.75, 3.05) is 7.05 Å². The van der Waals surface area contributed by atoms with Gasteiger partial charge in [0.15, 0.2) is 0 Å². The molecule has 0 bridgehead atoms. The number of hydrogen-bond donors (Lipinski definition) is 0. The summed E-state index contributed by atoms with van der Waals surface area (Å²) in [5.41, 5.74) is 3.36. The minimum Gasteiger partial charge on any atom is -0.340 e. The van der Waals surface area contributed by atoms with E-state index >= 15 is 0 Å². The molecule has 2 amide bonds. The van der Waals surface area contributed by atoms with Crippen molar-refractivity contribution in [3.63, 3.8) is 0 Å². The van der Waals surface area contributed by atoms with E-state index in [1.54, 1.807) is 9.80 Å². The number of fused-ring (bicyclic) bond motifs is 1. The molecule has 2 aromatic carbocycles. The van der Waals surface area contributed by atoms with Crippen LogP contribution in [-0.4, -0.2) is 34.7 Å². The van der Waals surface area contributed by atoms with E-state index in [0.29, 0.717) is 25.9 Å². The zero-order valence-electron chi connectivity index (χ0n) is 16.7. The van der Waals surface area contributed by atoms with Gasteiger partial charge in [-0.2, -0.15) is 0 Å². The maximum Gasteiger partial charge on any atom is 0.245 e. The number of likely N-dealkylation sites (N-methyl/N-ethyl adjacent to an activating group) is 1. The van der Waals surface area contributed by atoms with Crippen molar-refractivity contribution in [3.8, 4) is 0 Å². The highest BCUT2D eigenvalue weighted by Crippen LogP contribution is 2.26. The molecule has 1 aliphatic heterocycles. The predicted molar refractivity (Wildman–Crippen MR) is 115 cm³/mol. The molecule has 0 aromatic heterocycles. The monoisotopic (exact) mass is 442 g/mol. The Morgan fingerprint density at radius 2 is 1.75 bits per heavy atom. The minimum atomic E-state index is -0.443. The number of halogens is 1. The van der Waals surface area contributed by atoms with Crippen molar-refractivity contribution < 1.29 is 9.59 Å². The summed E-state index contributed by atoms with van der Waals surface area (Å²) in [6.45, 7) is 5.10. The van der Waals surface area contributed by atoms with Crippen LogP contribution in [0.4, 0.5) is 0 Å². The number of nitrogens with zero attached hydrogens (tertiary/aromatic N) is 2. The SMILES string of the molecule is CC(C)CC(=O)N1Cc2ccccc2CC1C(=O)N(C)Cc1ccc(Br)cc1.